The Balaban J connectivity index is 0.929. The molecule has 0 unspecified atom stereocenters. The number of pyridine rings is 1. The molecule has 8 rings (SSSR count). The van der Waals surface area contributed by atoms with Gasteiger partial charge in [0.2, 0.25) is 0 Å². The van der Waals surface area contributed by atoms with Gasteiger partial charge in [-0.3, -0.25) is 9.59 Å². The van der Waals surface area contributed by atoms with Gasteiger partial charge in [-0.15, -0.1) is 0 Å². The number of amides is 1. The average Bonchev–Trinajstić information content (AvgIpc) is 3.31. The van der Waals surface area contributed by atoms with Crippen LogP contribution in [0.5, 0.6) is 0 Å². The Hall–Kier alpha value is -2.90. The summed E-state index contributed by atoms with van der Waals surface area (Å²) < 4.78 is 2.40. The number of H-pyrrole nitrogens is 1. The normalized spacial score (nSPS) is 27.0. The number of piperidine rings is 1. The van der Waals surface area contributed by atoms with Crippen molar-refractivity contribution in [1.29, 1.82) is 0 Å². The highest BCUT2D eigenvalue weighted by Crippen LogP contribution is 2.61. The van der Waals surface area contributed by atoms with E-state index in [0.29, 0.717) is 22.9 Å². The predicted molar refractivity (Wildman–Crippen MR) is 186 cm³/mol. The Bertz CT molecular complexity index is 1590. The van der Waals surface area contributed by atoms with Crippen LogP contribution in [0.15, 0.2) is 35.1 Å². The van der Waals surface area contributed by atoms with Crippen molar-refractivity contribution < 1.29 is 4.79 Å². The molecule has 3 heterocycles. The Morgan fingerprint density at radius 3 is 2.35 bits per heavy atom. The van der Waals surface area contributed by atoms with E-state index in [0.717, 1.165) is 77.4 Å². The minimum absolute atomic E-state index is 0.121. The molecule has 7 nitrogen and oxygen atoms in total. The van der Waals surface area contributed by atoms with Crippen molar-refractivity contribution >= 4 is 16.8 Å². The molecule has 1 aromatic carbocycles. The molecule has 4 bridgehead atoms. The lowest BCUT2D eigenvalue weighted by Crippen LogP contribution is -2.47. The van der Waals surface area contributed by atoms with Gasteiger partial charge in [-0.05, 0) is 152 Å². The van der Waals surface area contributed by atoms with Crippen LogP contribution in [0, 0.1) is 49.9 Å². The van der Waals surface area contributed by atoms with Crippen molar-refractivity contribution in [3.63, 3.8) is 0 Å². The highest BCUT2D eigenvalue weighted by molar-refractivity contribution is 6.08. The smallest absolute Gasteiger partial charge is 0.254 e. The number of para-hydroxylation sites is 1. The van der Waals surface area contributed by atoms with E-state index in [1.807, 2.05) is 26.0 Å². The molecule has 1 atom stereocenters. The second-order valence-corrected chi connectivity index (χ2v) is 15.8. The van der Waals surface area contributed by atoms with Crippen LogP contribution in [-0.4, -0.2) is 53.1 Å². The topological polar surface area (TPSA) is 82.2 Å². The zero-order valence-electron chi connectivity index (χ0n) is 28.6. The molecule has 1 saturated heterocycles. The monoisotopic (exact) mass is 625 g/mol. The Morgan fingerprint density at radius 1 is 1.00 bits per heavy atom. The summed E-state index contributed by atoms with van der Waals surface area (Å²) in [5.74, 6) is 3.59. The molecule has 4 aliphatic carbocycles. The molecule has 1 aliphatic heterocycles. The van der Waals surface area contributed by atoms with E-state index in [9.17, 15) is 9.59 Å². The average molecular weight is 626 g/mol. The van der Waals surface area contributed by atoms with E-state index < -0.39 is 0 Å². The number of rotatable bonds is 11. The molecular formula is C39H55N5O2. The van der Waals surface area contributed by atoms with Crippen molar-refractivity contribution in [2.45, 2.75) is 98.1 Å². The second-order valence-electron chi connectivity index (χ2n) is 15.8. The molecule has 0 radical (unpaired) electrons. The lowest BCUT2D eigenvalue weighted by Gasteiger charge is -2.57. The van der Waals surface area contributed by atoms with Crippen LogP contribution in [0.3, 0.4) is 0 Å². The van der Waals surface area contributed by atoms with Gasteiger partial charge in [0.25, 0.3) is 11.5 Å². The van der Waals surface area contributed by atoms with E-state index in [-0.39, 0.29) is 18.0 Å². The number of fused-ring (bicyclic) bond motifs is 1. The van der Waals surface area contributed by atoms with E-state index in [1.54, 1.807) is 0 Å². The lowest BCUT2D eigenvalue weighted by atomic mass is 9.49. The third-order valence-corrected chi connectivity index (χ3v) is 12.6. The molecule has 3 N–H and O–H groups in total. The molecule has 3 aromatic rings. The molecule has 2 aromatic heterocycles. The molecule has 1 amide bonds. The summed E-state index contributed by atoms with van der Waals surface area (Å²) in [6, 6.07) is 10.5. The van der Waals surface area contributed by atoms with Gasteiger partial charge in [0, 0.05) is 53.5 Å². The fourth-order valence-electron chi connectivity index (χ4n) is 10.7. The van der Waals surface area contributed by atoms with Crippen molar-refractivity contribution in [3.8, 4) is 0 Å². The third-order valence-electron chi connectivity index (χ3n) is 12.6. The number of carbonyl (C=O) groups is 1. The number of aryl methyl sites for hydroxylation is 2. The quantitative estimate of drug-likeness (QED) is 0.208. The van der Waals surface area contributed by atoms with Crippen LogP contribution in [0.2, 0.25) is 0 Å². The summed E-state index contributed by atoms with van der Waals surface area (Å²) in [5, 5.41) is 7.88. The first-order valence-electron chi connectivity index (χ1n) is 18.2. The summed E-state index contributed by atoms with van der Waals surface area (Å²) in [4.78, 5) is 31.7. The van der Waals surface area contributed by atoms with Crippen LogP contribution in [0.4, 0.5) is 0 Å². The molecular weight excluding hydrogens is 570 g/mol. The van der Waals surface area contributed by atoms with Gasteiger partial charge in [-0.25, -0.2) is 0 Å². The maximum absolute atomic E-state index is 13.7. The molecule has 5 aliphatic rings. The number of aromatic amines is 1. The van der Waals surface area contributed by atoms with E-state index in [4.69, 9.17) is 0 Å². The number of benzene rings is 1. The first-order chi connectivity index (χ1) is 22.2. The fourth-order valence-corrected chi connectivity index (χ4v) is 10.7. The van der Waals surface area contributed by atoms with E-state index in [2.05, 4.69) is 57.1 Å². The zero-order chi connectivity index (χ0) is 32.0. The van der Waals surface area contributed by atoms with Gasteiger partial charge in [-0.2, -0.15) is 0 Å². The van der Waals surface area contributed by atoms with Gasteiger partial charge in [-0.1, -0.05) is 18.2 Å². The van der Waals surface area contributed by atoms with Gasteiger partial charge < -0.3 is 25.1 Å². The Morgan fingerprint density at radius 2 is 1.67 bits per heavy atom. The van der Waals surface area contributed by atoms with Gasteiger partial charge in [0.15, 0.2) is 0 Å². The van der Waals surface area contributed by atoms with Gasteiger partial charge in [0.05, 0.1) is 5.56 Å². The predicted octanol–water partition coefficient (Wildman–Crippen LogP) is 6.65. The second kappa shape index (κ2) is 13.0. The fraction of sp³-hybridized carbons (Fsp3) is 0.641. The SMILES string of the molecule is Cc1cc(C)c(CNC(=O)c2c(C)n([C@@H](C)C3CCN(CCNCCC45CC6CC(CC(C6)C4)C5)CC3)c3ccccc23)c(=O)[nH]1. The summed E-state index contributed by atoms with van der Waals surface area (Å²) in [5.41, 5.74) is 5.73. The molecule has 0 spiro atoms. The van der Waals surface area contributed by atoms with Crippen LogP contribution < -0.4 is 16.2 Å². The van der Waals surface area contributed by atoms with Crippen LogP contribution in [0.1, 0.15) is 104 Å². The first kappa shape index (κ1) is 31.7. The number of carbonyl (C=O) groups excluding carboxylic acids is 1. The Labute approximate surface area is 274 Å². The van der Waals surface area contributed by atoms with Gasteiger partial charge >= 0.3 is 0 Å². The standard InChI is InChI=1S/C39H55N5O2/c1-25-17-26(2)42-37(45)34(25)24-41-38(46)36-28(4)44(35-8-6-5-7-33(35)36)27(3)32-9-14-43(15-10-32)16-13-40-12-11-39-21-29-18-30(22-39)20-31(19-29)23-39/h5-8,17,27,29-32,40H,9-16,18-24H2,1-4H3,(H,41,46)(H,42,45)/t27-,29?,30?,31?,39?/m0/s1. The molecule has 46 heavy (non-hydrogen) atoms. The minimum atomic E-state index is -0.134. The van der Waals surface area contributed by atoms with Crippen LogP contribution in [0.25, 0.3) is 10.9 Å². The van der Waals surface area contributed by atoms with E-state index >= 15 is 0 Å². The van der Waals surface area contributed by atoms with E-state index in [1.165, 1.54) is 64.3 Å². The number of nitrogens with one attached hydrogen (secondary N) is 3. The van der Waals surface area contributed by atoms with Crippen LogP contribution in [-0.2, 0) is 6.54 Å². The summed E-state index contributed by atoms with van der Waals surface area (Å²) >= 11 is 0. The van der Waals surface area contributed by atoms with Crippen molar-refractivity contribution in [3.05, 3.63) is 68.8 Å². The highest BCUT2D eigenvalue weighted by atomic mass is 16.2. The molecule has 248 valence electrons. The maximum Gasteiger partial charge on any atom is 0.254 e. The number of hydrogen-bond acceptors (Lipinski definition) is 4. The molecule has 7 heteroatoms. The zero-order valence-corrected chi connectivity index (χ0v) is 28.6. The number of aromatic nitrogens is 2. The van der Waals surface area contributed by atoms with Crippen molar-refractivity contribution in [2.24, 2.45) is 29.1 Å². The van der Waals surface area contributed by atoms with Gasteiger partial charge in [0.1, 0.15) is 0 Å². The maximum atomic E-state index is 13.7. The largest absolute Gasteiger partial charge is 0.348 e. The van der Waals surface area contributed by atoms with Crippen molar-refractivity contribution in [1.82, 2.24) is 25.1 Å². The first-order valence-corrected chi connectivity index (χ1v) is 18.2. The third kappa shape index (κ3) is 6.22. The summed E-state index contributed by atoms with van der Waals surface area (Å²) in [6.45, 7) is 14.1. The summed E-state index contributed by atoms with van der Waals surface area (Å²) in [7, 11) is 0. The highest BCUT2D eigenvalue weighted by Gasteiger charge is 2.50. The van der Waals surface area contributed by atoms with Crippen LogP contribution >= 0.6 is 0 Å². The number of hydrogen-bond donors (Lipinski definition) is 3. The lowest BCUT2D eigenvalue weighted by molar-refractivity contribution is -0.0567. The van der Waals surface area contributed by atoms with Crippen molar-refractivity contribution in [2.75, 3.05) is 32.7 Å². The summed E-state index contributed by atoms with van der Waals surface area (Å²) in [6.07, 6.45) is 12.9. The molecule has 4 saturated carbocycles. The minimum Gasteiger partial charge on any atom is -0.348 e. The number of nitrogens with zero attached hydrogens (tertiary/aromatic N) is 2. The Kier molecular flexibility index (Phi) is 8.92. The number of likely N-dealkylation sites (tertiary alicyclic amines) is 1. The molecule has 5 fully saturated rings.